The first-order valence-electron chi connectivity index (χ1n) is 3.07. The number of amides is 1. The van der Waals surface area contributed by atoms with E-state index in [1.807, 2.05) is 0 Å². The van der Waals surface area contributed by atoms with Gasteiger partial charge in [-0.3, -0.25) is 4.79 Å². The summed E-state index contributed by atoms with van der Waals surface area (Å²) in [4.78, 5) is 21.1. The molecular weight excluding hydrogens is 164 g/mol. The maximum absolute atomic E-state index is 10.8. The van der Waals surface area contributed by atoms with Gasteiger partial charge in [-0.1, -0.05) is 5.16 Å². The highest BCUT2D eigenvalue weighted by atomic mass is 16.5. The number of carboxylic acids is 1. The van der Waals surface area contributed by atoms with Gasteiger partial charge in [0.2, 0.25) is 5.76 Å². The maximum atomic E-state index is 10.8. The van der Waals surface area contributed by atoms with Crippen LogP contribution in [0.25, 0.3) is 0 Å². The molecule has 0 saturated heterocycles. The maximum Gasteiger partial charge on any atom is 0.374 e. The third kappa shape index (κ3) is 1.42. The molecule has 64 valence electrons. The molecule has 2 N–H and O–H groups in total. The second-order valence-electron chi connectivity index (χ2n) is 1.96. The average molecular weight is 170 g/mol. The van der Waals surface area contributed by atoms with Gasteiger partial charge in [0.25, 0.3) is 5.91 Å². The number of carboxylic acid groups (broad SMARTS) is 1. The van der Waals surface area contributed by atoms with Crippen LogP contribution in [0, 0.1) is 0 Å². The largest absolute Gasteiger partial charge is 0.475 e. The molecule has 1 aromatic heterocycles. The molecule has 0 saturated carbocycles. The molecule has 0 aliphatic carbocycles. The van der Waals surface area contributed by atoms with Crippen LogP contribution in [0.3, 0.4) is 0 Å². The van der Waals surface area contributed by atoms with Gasteiger partial charge < -0.3 is 14.9 Å². The molecule has 1 amide bonds. The van der Waals surface area contributed by atoms with Gasteiger partial charge >= 0.3 is 5.97 Å². The summed E-state index contributed by atoms with van der Waals surface area (Å²) in [5, 5.41) is 13.9. The van der Waals surface area contributed by atoms with E-state index in [0.29, 0.717) is 0 Å². The first-order chi connectivity index (χ1) is 5.65. The average Bonchev–Trinajstić information content (AvgIpc) is 2.51. The van der Waals surface area contributed by atoms with Gasteiger partial charge in [0.05, 0.1) is 0 Å². The van der Waals surface area contributed by atoms with Gasteiger partial charge in [-0.15, -0.1) is 0 Å². The minimum absolute atomic E-state index is 0.0464. The Hall–Kier alpha value is -1.85. The molecule has 0 spiro atoms. The molecule has 0 aromatic carbocycles. The lowest BCUT2D eigenvalue weighted by atomic mass is 10.3. The summed E-state index contributed by atoms with van der Waals surface area (Å²) in [7, 11) is 1.41. The van der Waals surface area contributed by atoms with E-state index >= 15 is 0 Å². The third-order valence-corrected chi connectivity index (χ3v) is 1.18. The number of carbonyl (C=O) groups is 2. The van der Waals surface area contributed by atoms with E-state index in [2.05, 4.69) is 15.0 Å². The number of nitrogens with one attached hydrogen (secondary N) is 1. The molecule has 1 aromatic rings. The molecule has 0 fully saturated rings. The lowest BCUT2D eigenvalue weighted by Gasteiger charge is -1.88. The van der Waals surface area contributed by atoms with Gasteiger partial charge in [-0.2, -0.15) is 0 Å². The van der Waals surface area contributed by atoms with E-state index < -0.39 is 11.9 Å². The number of hydrogen-bond acceptors (Lipinski definition) is 4. The zero-order valence-electron chi connectivity index (χ0n) is 6.20. The Morgan fingerprint density at radius 2 is 2.33 bits per heavy atom. The Balaban J connectivity index is 2.91. The van der Waals surface area contributed by atoms with E-state index in [0.717, 1.165) is 6.07 Å². The number of rotatable bonds is 2. The van der Waals surface area contributed by atoms with Crippen LogP contribution in [0.5, 0.6) is 0 Å². The standard InChI is InChI=1S/C6H6N2O4/c1-7-5(9)3-2-4(6(10)11)12-8-3/h2H,1H3,(H,7,9)(H,10,11). The second kappa shape index (κ2) is 3.04. The van der Waals surface area contributed by atoms with Crippen molar-refractivity contribution in [3.63, 3.8) is 0 Å². The van der Waals surface area contributed by atoms with E-state index in [-0.39, 0.29) is 11.5 Å². The molecule has 0 aliphatic heterocycles. The van der Waals surface area contributed by atoms with Crippen LogP contribution < -0.4 is 5.32 Å². The summed E-state index contributed by atoms with van der Waals surface area (Å²) in [6.07, 6.45) is 0. The summed E-state index contributed by atoms with van der Waals surface area (Å²) < 4.78 is 4.34. The first kappa shape index (κ1) is 8.25. The molecule has 0 unspecified atom stereocenters. The molecule has 12 heavy (non-hydrogen) atoms. The summed E-state index contributed by atoms with van der Waals surface area (Å²) in [5.74, 6) is -2.09. The predicted molar refractivity (Wildman–Crippen MR) is 36.9 cm³/mol. The zero-order chi connectivity index (χ0) is 9.14. The Labute approximate surface area is 67.2 Å². The van der Waals surface area contributed by atoms with Crippen molar-refractivity contribution in [2.24, 2.45) is 0 Å². The highest BCUT2D eigenvalue weighted by Crippen LogP contribution is 2.02. The first-order valence-corrected chi connectivity index (χ1v) is 3.07. The van der Waals surface area contributed by atoms with Crippen LogP contribution in [-0.4, -0.2) is 29.2 Å². The molecule has 1 rings (SSSR count). The van der Waals surface area contributed by atoms with Crippen LogP contribution in [0.4, 0.5) is 0 Å². The summed E-state index contributed by atoms with van der Waals surface area (Å²) >= 11 is 0. The normalized spacial score (nSPS) is 9.42. The van der Waals surface area contributed by atoms with Crippen LogP contribution in [0.2, 0.25) is 0 Å². The topological polar surface area (TPSA) is 92.4 Å². The molecule has 6 nitrogen and oxygen atoms in total. The monoisotopic (exact) mass is 170 g/mol. The highest BCUT2D eigenvalue weighted by molar-refractivity contribution is 5.94. The number of aromatic nitrogens is 1. The fourth-order valence-corrected chi connectivity index (χ4v) is 0.611. The summed E-state index contributed by atoms with van der Waals surface area (Å²) in [5.41, 5.74) is -0.0464. The van der Waals surface area contributed by atoms with E-state index in [4.69, 9.17) is 5.11 Å². The molecule has 0 bridgehead atoms. The van der Waals surface area contributed by atoms with Gasteiger partial charge in [0.1, 0.15) is 0 Å². The lowest BCUT2D eigenvalue weighted by molar-refractivity contribution is 0.0651. The van der Waals surface area contributed by atoms with Crippen molar-refractivity contribution in [2.45, 2.75) is 0 Å². The van der Waals surface area contributed by atoms with Crippen LogP contribution >= 0.6 is 0 Å². The minimum Gasteiger partial charge on any atom is -0.475 e. The van der Waals surface area contributed by atoms with Crippen molar-refractivity contribution in [3.05, 3.63) is 17.5 Å². The Morgan fingerprint density at radius 3 is 2.75 bits per heavy atom. The van der Waals surface area contributed by atoms with Crippen molar-refractivity contribution < 1.29 is 19.2 Å². The van der Waals surface area contributed by atoms with E-state index in [9.17, 15) is 9.59 Å². The Morgan fingerprint density at radius 1 is 1.67 bits per heavy atom. The highest BCUT2D eigenvalue weighted by Gasteiger charge is 2.14. The molecule has 0 aliphatic rings. The minimum atomic E-state index is -1.25. The van der Waals surface area contributed by atoms with Gasteiger partial charge in [0, 0.05) is 13.1 Å². The fourth-order valence-electron chi connectivity index (χ4n) is 0.611. The predicted octanol–water partition coefficient (Wildman–Crippen LogP) is -0.268. The van der Waals surface area contributed by atoms with Crippen LogP contribution in [0.15, 0.2) is 10.6 Å². The molecule has 6 heteroatoms. The van der Waals surface area contributed by atoms with Crippen LogP contribution in [-0.2, 0) is 0 Å². The van der Waals surface area contributed by atoms with E-state index in [1.54, 1.807) is 0 Å². The molecule has 1 heterocycles. The quantitative estimate of drug-likeness (QED) is 0.637. The molecule has 0 radical (unpaired) electrons. The van der Waals surface area contributed by atoms with Gasteiger partial charge in [-0.25, -0.2) is 4.79 Å². The van der Waals surface area contributed by atoms with Gasteiger partial charge in [0.15, 0.2) is 5.69 Å². The van der Waals surface area contributed by atoms with E-state index in [1.165, 1.54) is 7.05 Å². The molecule has 0 atom stereocenters. The Bertz CT molecular complexity index is 317. The third-order valence-electron chi connectivity index (χ3n) is 1.18. The number of carbonyl (C=O) groups excluding carboxylic acids is 1. The lowest BCUT2D eigenvalue weighted by Crippen LogP contribution is -2.17. The van der Waals surface area contributed by atoms with Crippen molar-refractivity contribution in [1.82, 2.24) is 10.5 Å². The zero-order valence-corrected chi connectivity index (χ0v) is 6.20. The number of hydrogen-bond donors (Lipinski definition) is 2. The van der Waals surface area contributed by atoms with Crippen molar-refractivity contribution in [1.29, 1.82) is 0 Å². The van der Waals surface area contributed by atoms with Crippen molar-refractivity contribution in [2.75, 3.05) is 7.05 Å². The van der Waals surface area contributed by atoms with Crippen molar-refractivity contribution >= 4 is 11.9 Å². The summed E-state index contributed by atoms with van der Waals surface area (Å²) in [6, 6.07) is 1.06. The van der Waals surface area contributed by atoms with Crippen LogP contribution in [0.1, 0.15) is 21.0 Å². The Kier molecular flexibility index (Phi) is 2.09. The fraction of sp³-hybridized carbons (Fsp3) is 0.167. The summed E-state index contributed by atoms with van der Waals surface area (Å²) in [6.45, 7) is 0. The second-order valence-corrected chi connectivity index (χ2v) is 1.96. The number of nitrogens with zero attached hydrogens (tertiary/aromatic N) is 1. The molecular formula is C6H6N2O4. The smallest absolute Gasteiger partial charge is 0.374 e. The van der Waals surface area contributed by atoms with Gasteiger partial charge in [-0.05, 0) is 0 Å². The van der Waals surface area contributed by atoms with Crippen molar-refractivity contribution in [3.8, 4) is 0 Å². The SMILES string of the molecule is CNC(=O)c1cc(C(=O)O)on1. The number of aromatic carboxylic acids is 1.